The minimum absolute atomic E-state index is 0.680. The van der Waals surface area contributed by atoms with E-state index in [1.807, 2.05) is 0 Å². The van der Waals surface area contributed by atoms with E-state index >= 15 is 0 Å². The first-order valence-corrected chi connectivity index (χ1v) is 8.57. The third-order valence-electron chi connectivity index (χ3n) is 7.42. The van der Waals surface area contributed by atoms with E-state index in [-0.39, 0.29) is 0 Å². The minimum Gasteiger partial charge on any atom is -0.0649 e. The van der Waals surface area contributed by atoms with Crippen LogP contribution in [0, 0.1) is 28.6 Å². The molecule has 3 saturated carbocycles. The summed E-state index contributed by atoms with van der Waals surface area (Å²) in [5, 5.41) is 0. The van der Waals surface area contributed by atoms with Crippen molar-refractivity contribution in [2.45, 2.75) is 85.0 Å². The van der Waals surface area contributed by atoms with Gasteiger partial charge in [-0.3, -0.25) is 0 Å². The van der Waals surface area contributed by atoms with Gasteiger partial charge in [0.1, 0.15) is 0 Å². The predicted molar refractivity (Wildman–Crippen MR) is 78.5 cm³/mol. The van der Waals surface area contributed by atoms with Crippen molar-refractivity contribution in [3.63, 3.8) is 0 Å². The van der Waals surface area contributed by atoms with E-state index in [4.69, 9.17) is 0 Å². The lowest BCUT2D eigenvalue weighted by molar-refractivity contribution is -0.0786. The van der Waals surface area contributed by atoms with Gasteiger partial charge in [0.25, 0.3) is 0 Å². The molecule has 0 radical (unpaired) electrons. The Hall–Kier alpha value is 0. The molecule has 0 heteroatoms. The Morgan fingerprint density at radius 1 is 0.944 bits per heavy atom. The summed E-state index contributed by atoms with van der Waals surface area (Å²) in [6, 6.07) is 0. The lowest BCUT2D eigenvalue weighted by Gasteiger charge is -2.58. The number of fused-ring (bicyclic) bond motifs is 3. The summed E-state index contributed by atoms with van der Waals surface area (Å²) in [7, 11) is 0. The highest BCUT2D eigenvalue weighted by Gasteiger charge is 2.51. The van der Waals surface area contributed by atoms with Crippen molar-refractivity contribution in [2.75, 3.05) is 0 Å². The van der Waals surface area contributed by atoms with Crippen LogP contribution in [0.2, 0.25) is 0 Å². The van der Waals surface area contributed by atoms with Crippen LogP contribution in [-0.2, 0) is 0 Å². The Bertz CT molecular complexity index is 307. The van der Waals surface area contributed by atoms with E-state index < -0.39 is 0 Å². The van der Waals surface area contributed by atoms with Crippen LogP contribution in [0.15, 0.2) is 0 Å². The topological polar surface area (TPSA) is 0 Å². The molecule has 3 fully saturated rings. The van der Waals surface area contributed by atoms with Crippen LogP contribution in [0.4, 0.5) is 0 Å². The second kappa shape index (κ2) is 4.53. The lowest BCUT2D eigenvalue weighted by Crippen LogP contribution is -2.48. The Labute approximate surface area is 114 Å². The maximum absolute atomic E-state index is 2.67. The monoisotopic (exact) mass is 248 g/mol. The van der Waals surface area contributed by atoms with E-state index in [9.17, 15) is 0 Å². The largest absolute Gasteiger partial charge is 0.0649 e. The van der Waals surface area contributed by atoms with E-state index in [0.717, 1.165) is 23.2 Å². The summed E-state index contributed by atoms with van der Waals surface area (Å²) >= 11 is 0. The van der Waals surface area contributed by atoms with Crippen molar-refractivity contribution in [1.29, 1.82) is 0 Å². The minimum atomic E-state index is 0.680. The summed E-state index contributed by atoms with van der Waals surface area (Å²) in [5.74, 6) is 3.23. The molecule has 0 saturated heterocycles. The second-order valence-corrected chi connectivity index (χ2v) is 8.30. The molecule has 3 aliphatic rings. The van der Waals surface area contributed by atoms with Crippen molar-refractivity contribution in [3.8, 4) is 0 Å². The van der Waals surface area contributed by atoms with Crippen LogP contribution >= 0.6 is 0 Å². The van der Waals surface area contributed by atoms with Gasteiger partial charge in [0.05, 0.1) is 0 Å². The van der Waals surface area contributed by atoms with Crippen LogP contribution in [-0.4, -0.2) is 0 Å². The molecule has 3 rings (SSSR count). The molecule has 0 aromatic carbocycles. The first kappa shape index (κ1) is 13.0. The number of rotatable bonds is 1. The fourth-order valence-electron chi connectivity index (χ4n) is 5.92. The molecule has 104 valence electrons. The van der Waals surface area contributed by atoms with Gasteiger partial charge in [0.2, 0.25) is 0 Å². The fraction of sp³-hybridized carbons (Fsp3) is 1.00. The summed E-state index contributed by atoms with van der Waals surface area (Å²) in [6.07, 6.45) is 15.2. The molecular formula is C18H32. The van der Waals surface area contributed by atoms with Crippen LogP contribution < -0.4 is 0 Å². The summed E-state index contributed by atoms with van der Waals surface area (Å²) in [4.78, 5) is 0. The Kier molecular flexibility index (Phi) is 3.27. The molecule has 0 bridgehead atoms. The lowest BCUT2D eigenvalue weighted by atomic mass is 9.47. The first-order chi connectivity index (χ1) is 8.57. The Morgan fingerprint density at radius 3 is 2.56 bits per heavy atom. The zero-order valence-corrected chi connectivity index (χ0v) is 12.8. The van der Waals surface area contributed by atoms with Crippen LogP contribution in [0.1, 0.15) is 85.0 Å². The summed E-state index contributed by atoms with van der Waals surface area (Å²) in [6.45, 7) is 7.63. The van der Waals surface area contributed by atoms with Crippen molar-refractivity contribution in [2.24, 2.45) is 28.6 Å². The molecule has 0 spiro atoms. The highest BCUT2D eigenvalue weighted by Crippen LogP contribution is 2.61. The maximum Gasteiger partial charge on any atom is -0.0267 e. The summed E-state index contributed by atoms with van der Waals surface area (Å²) in [5.41, 5.74) is 1.41. The van der Waals surface area contributed by atoms with E-state index in [1.165, 1.54) is 32.1 Å². The van der Waals surface area contributed by atoms with Gasteiger partial charge in [-0.1, -0.05) is 40.0 Å². The number of hydrogen-bond acceptors (Lipinski definition) is 0. The average molecular weight is 248 g/mol. The van der Waals surface area contributed by atoms with Crippen molar-refractivity contribution in [1.82, 2.24) is 0 Å². The SMILES string of the molecule is CC[C@@]1(C)CCC2C(CCC3CCCCC32C)C1. The van der Waals surface area contributed by atoms with Gasteiger partial charge in [0.15, 0.2) is 0 Å². The zero-order valence-electron chi connectivity index (χ0n) is 12.8. The Balaban J connectivity index is 1.79. The summed E-state index contributed by atoms with van der Waals surface area (Å²) < 4.78 is 0. The molecule has 0 aromatic heterocycles. The standard InChI is InChI=1S/C18H32/c1-4-17(2)12-10-16-14(13-17)8-9-15-7-5-6-11-18(15,16)3/h14-16H,4-13H2,1-3H3/t14?,15?,16?,17-,18?/m0/s1. The van der Waals surface area contributed by atoms with E-state index in [2.05, 4.69) is 20.8 Å². The van der Waals surface area contributed by atoms with E-state index in [0.29, 0.717) is 5.41 Å². The van der Waals surface area contributed by atoms with Gasteiger partial charge in [-0.25, -0.2) is 0 Å². The number of hydrogen-bond donors (Lipinski definition) is 0. The predicted octanol–water partition coefficient (Wildman–Crippen LogP) is 5.81. The van der Waals surface area contributed by atoms with Gasteiger partial charge in [-0.15, -0.1) is 0 Å². The Morgan fingerprint density at radius 2 is 1.78 bits per heavy atom. The van der Waals surface area contributed by atoms with Gasteiger partial charge >= 0.3 is 0 Å². The molecule has 3 aliphatic carbocycles. The molecule has 0 amide bonds. The van der Waals surface area contributed by atoms with Crippen molar-refractivity contribution >= 4 is 0 Å². The molecular weight excluding hydrogens is 216 g/mol. The van der Waals surface area contributed by atoms with Gasteiger partial charge < -0.3 is 0 Å². The van der Waals surface area contributed by atoms with Crippen LogP contribution in [0.3, 0.4) is 0 Å². The molecule has 4 unspecified atom stereocenters. The normalized spacial score (nSPS) is 52.5. The first-order valence-electron chi connectivity index (χ1n) is 8.57. The third kappa shape index (κ3) is 1.95. The second-order valence-electron chi connectivity index (χ2n) is 8.30. The van der Waals surface area contributed by atoms with Gasteiger partial charge in [0, 0.05) is 0 Å². The quantitative estimate of drug-likeness (QED) is 0.549. The maximum atomic E-state index is 2.67. The highest BCUT2D eigenvalue weighted by atomic mass is 14.6. The van der Waals surface area contributed by atoms with Crippen molar-refractivity contribution < 1.29 is 0 Å². The van der Waals surface area contributed by atoms with Crippen molar-refractivity contribution in [3.05, 3.63) is 0 Å². The average Bonchev–Trinajstić information content (AvgIpc) is 2.38. The molecule has 5 atom stereocenters. The van der Waals surface area contributed by atoms with E-state index in [1.54, 1.807) is 32.1 Å². The molecule has 0 aromatic rings. The third-order valence-corrected chi connectivity index (χ3v) is 7.42. The fourth-order valence-corrected chi connectivity index (χ4v) is 5.92. The molecule has 0 nitrogen and oxygen atoms in total. The molecule has 0 aliphatic heterocycles. The zero-order chi connectivity index (χ0) is 12.8. The highest BCUT2D eigenvalue weighted by molar-refractivity contribution is 5.01. The molecule has 18 heavy (non-hydrogen) atoms. The van der Waals surface area contributed by atoms with Gasteiger partial charge in [-0.2, -0.15) is 0 Å². The molecule has 0 heterocycles. The van der Waals surface area contributed by atoms with Crippen LogP contribution in [0.5, 0.6) is 0 Å². The van der Waals surface area contributed by atoms with Gasteiger partial charge in [-0.05, 0) is 73.5 Å². The smallest absolute Gasteiger partial charge is 0.0267 e. The molecule has 0 N–H and O–H groups in total. The van der Waals surface area contributed by atoms with Crippen LogP contribution in [0.25, 0.3) is 0 Å².